The maximum Gasteiger partial charge on any atom is 0.324 e. The van der Waals surface area contributed by atoms with E-state index in [2.05, 4.69) is 9.93 Å². The van der Waals surface area contributed by atoms with Crippen molar-refractivity contribution in [3.05, 3.63) is 0 Å². The van der Waals surface area contributed by atoms with Crippen LogP contribution in [0.4, 0.5) is 0 Å². The molecule has 11 heavy (non-hydrogen) atoms. The van der Waals surface area contributed by atoms with Gasteiger partial charge in [0.1, 0.15) is 0 Å². The molecule has 70 valence electrons. The first-order valence-corrected chi connectivity index (χ1v) is 3.85. The van der Waals surface area contributed by atoms with Gasteiger partial charge in [0.05, 0.1) is 5.60 Å². The molecule has 0 saturated carbocycles. The lowest BCUT2D eigenvalue weighted by atomic mass is 10.2. The van der Waals surface area contributed by atoms with Crippen LogP contribution in [0.1, 0.15) is 20.8 Å². The molecule has 0 spiro atoms. The lowest BCUT2D eigenvalue weighted by molar-refractivity contribution is -0.519. The first-order valence-electron chi connectivity index (χ1n) is 2.65. The molecule has 0 rings (SSSR count). The van der Waals surface area contributed by atoms with Gasteiger partial charge in [-0.2, -0.15) is 0 Å². The van der Waals surface area contributed by atoms with E-state index in [0.29, 0.717) is 0 Å². The molecule has 0 unspecified atom stereocenters. The second-order valence-electron chi connectivity index (χ2n) is 2.54. The zero-order chi connectivity index (χ0) is 9.49. The molecule has 6 nitrogen and oxygen atoms in total. The van der Waals surface area contributed by atoms with Crippen LogP contribution in [0.2, 0.25) is 0 Å². The Kier molecular flexibility index (Phi) is 8.60. The highest BCUT2D eigenvalue weighted by Crippen LogP contribution is 2.11. The quantitative estimate of drug-likeness (QED) is 0.270. The fourth-order valence-electron chi connectivity index (χ4n) is 0.112. The Morgan fingerprint density at radius 3 is 1.36 bits per heavy atom. The molecule has 0 aromatic rings. The average Bonchev–Trinajstić information content (AvgIpc) is 1.58. The van der Waals surface area contributed by atoms with Crippen LogP contribution in [0.5, 0.6) is 0 Å². The SMILES string of the molecule is CC(C)(C)OOO.OP(O)O. The van der Waals surface area contributed by atoms with Crippen molar-refractivity contribution in [1.29, 1.82) is 0 Å². The molecule has 0 aliphatic carbocycles. The summed E-state index contributed by atoms with van der Waals surface area (Å²) in [4.78, 5) is 26.0. The number of rotatable bonds is 1. The predicted molar refractivity (Wildman–Crippen MR) is 38.1 cm³/mol. The molecule has 0 aliphatic heterocycles. The summed E-state index contributed by atoms with van der Waals surface area (Å²) in [6, 6.07) is 0. The van der Waals surface area contributed by atoms with Crippen LogP contribution in [0.15, 0.2) is 0 Å². The fourth-order valence-corrected chi connectivity index (χ4v) is 0.112. The van der Waals surface area contributed by atoms with Crippen LogP contribution in [0.25, 0.3) is 0 Å². The summed E-state index contributed by atoms with van der Waals surface area (Å²) in [5.74, 6) is 0. The van der Waals surface area contributed by atoms with Gasteiger partial charge in [0.2, 0.25) is 0 Å². The fraction of sp³-hybridized carbons (Fsp3) is 1.00. The van der Waals surface area contributed by atoms with Crippen LogP contribution in [-0.4, -0.2) is 25.5 Å². The third-order valence-electron chi connectivity index (χ3n) is 0.287. The van der Waals surface area contributed by atoms with Crippen molar-refractivity contribution in [1.82, 2.24) is 0 Å². The molecule has 0 radical (unpaired) electrons. The molecule has 0 fully saturated rings. The van der Waals surface area contributed by atoms with Crippen molar-refractivity contribution < 1.29 is 29.9 Å². The van der Waals surface area contributed by atoms with Crippen molar-refractivity contribution in [2.45, 2.75) is 26.4 Å². The molecule has 0 saturated heterocycles. The minimum absolute atomic E-state index is 0.422. The zero-order valence-corrected chi connectivity index (χ0v) is 7.45. The highest BCUT2D eigenvalue weighted by molar-refractivity contribution is 7.38. The normalized spacial score (nSPS) is 10.9. The molecule has 0 heterocycles. The van der Waals surface area contributed by atoms with Gasteiger partial charge in [-0.1, -0.05) is 5.04 Å². The Balaban J connectivity index is 0. The molecule has 0 aromatic carbocycles. The van der Waals surface area contributed by atoms with Crippen molar-refractivity contribution in [3.63, 3.8) is 0 Å². The van der Waals surface area contributed by atoms with Gasteiger partial charge in [-0.25, -0.2) is 10.1 Å². The van der Waals surface area contributed by atoms with Gasteiger partial charge < -0.3 is 14.7 Å². The Morgan fingerprint density at radius 2 is 1.36 bits per heavy atom. The topological polar surface area (TPSA) is 99.4 Å². The summed E-state index contributed by atoms with van der Waals surface area (Å²) < 4.78 is 0. The molecule has 7 heteroatoms. The molecule has 0 amide bonds. The van der Waals surface area contributed by atoms with Crippen LogP contribution in [0.3, 0.4) is 0 Å². The Hall–Kier alpha value is 0.190. The molecular formula is C4H13O6P. The van der Waals surface area contributed by atoms with Gasteiger partial charge >= 0.3 is 8.60 Å². The summed E-state index contributed by atoms with van der Waals surface area (Å²) >= 11 is 0. The lowest BCUT2D eigenvalue weighted by Gasteiger charge is -2.12. The number of hydrogen-bond acceptors (Lipinski definition) is 6. The highest BCUT2D eigenvalue weighted by Gasteiger charge is 2.10. The first kappa shape index (κ1) is 13.8. The maximum absolute atomic E-state index is 7.68. The standard InChI is InChI=1S/C4H10O3.H3O3P/c1-4(2,3)6-7-5;1-4(2)3/h5H,1-3H3;1-3H. The third-order valence-corrected chi connectivity index (χ3v) is 0.287. The van der Waals surface area contributed by atoms with Crippen molar-refractivity contribution >= 4 is 8.60 Å². The molecule has 0 aliphatic rings. The van der Waals surface area contributed by atoms with Gasteiger partial charge in [-0.05, 0) is 20.8 Å². The van der Waals surface area contributed by atoms with Crippen LogP contribution < -0.4 is 0 Å². The van der Waals surface area contributed by atoms with E-state index in [1.807, 2.05) is 0 Å². The predicted octanol–water partition coefficient (Wildman–Crippen LogP) is 0.396. The second kappa shape index (κ2) is 6.87. The van der Waals surface area contributed by atoms with Gasteiger partial charge in [0.25, 0.3) is 0 Å². The summed E-state index contributed by atoms with van der Waals surface area (Å²) in [6.07, 6.45) is 0. The largest absolute Gasteiger partial charge is 0.328 e. The van der Waals surface area contributed by atoms with Crippen LogP contribution in [-0.2, 0) is 9.93 Å². The van der Waals surface area contributed by atoms with E-state index in [-0.39, 0.29) is 0 Å². The summed E-state index contributed by atoms with van der Waals surface area (Å²) in [6.45, 7) is 5.30. The van der Waals surface area contributed by atoms with Gasteiger partial charge in [-0.3, -0.25) is 0 Å². The maximum atomic E-state index is 7.68. The van der Waals surface area contributed by atoms with Gasteiger partial charge in [-0.15, -0.1) is 0 Å². The van der Waals surface area contributed by atoms with Crippen molar-refractivity contribution in [2.24, 2.45) is 0 Å². The first-order chi connectivity index (χ1) is 4.79. The zero-order valence-electron chi connectivity index (χ0n) is 6.55. The van der Waals surface area contributed by atoms with Crippen LogP contribution >= 0.6 is 8.60 Å². The molecule has 0 aromatic heterocycles. The molecule has 0 atom stereocenters. The summed E-state index contributed by atoms with van der Waals surface area (Å²) in [7, 11) is -2.62. The van der Waals surface area contributed by atoms with Gasteiger partial charge in [0.15, 0.2) is 0 Å². The smallest absolute Gasteiger partial charge is 0.324 e. The minimum Gasteiger partial charge on any atom is -0.328 e. The van der Waals surface area contributed by atoms with E-state index in [1.165, 1.54) is 0 Å². The van der Waals surface area contributed by atoms with E-state index in [4.69, 9.17) is 19.9 Å². The average molecular weight is 188 g/mol. The van der Waals surface area contributed by atoms with E-state index in [9.17, 15) is 0 Å². The van der Waals surface area contributed by atoms with E-state index in [0.717, 1.165) is 0 Å². The van der Waals surface area contributed by atoms with Crippen molar-refractivity contribution in [2.75, 3.05) is 0 Å². The van der Waals surface area contributed by atoms with Crippen molar-refractivity contribution in [3.8, 4) is 0 Å². The van der Waals surface area contributed by atoms with E-state index < -0.39 is 14.2 Å². The Morgan fingerprint density at radius 1 is 1.09 bits per heavy atom. The Labute approximate surface area is 65.9 Å². The number of hydrogen-bond donors (Lipinski definition) is 4. The van der Waals surface area contributed by atoms with E-state index in [1.54, 1.807) is 20.8 Å². The molecule has 0 bridgehead atoms. The molecular weight excluding hydrogens is 175 g/mol. The van der Waals surface area contributed by atoms with E-state index >= 15 is 0 Å². The highest BCUT2D eigenvalue weighted by atomic mass is 31.2. The molecule has 4 N–H and O–H groups in total. The monoisotopic (exact) mass is 188 g/mol. The Bertz CT molecular complexity index is 76.4. The lowest BCUT2D eigenvalue weighted by Crippen LogP contribution is -2.17. The summed E-state index contributed by atoms with van der Waals surface area (Å²) in [5, 5.41) is 11.1. The third kappa shape index (κ3) is 38.9. The van der Waals surface area contributed by atoms with Crippen LogP contribution in [0, 0.1) is 0 Å². The minimum atomic E-state index is -2.62. The second-order valence-corrected chi connectivity index (χ2v) is 3.08. The van der Waals surface area contributed by atoms with Gasteiger partial charge in [0, 0.05) is 0 Å². The summed E-state index contributed by atoms with van der Waals surface area (Å²) in [5.41, 5.74) is -0.422.